The predicted molar refractivity (Wildman–Crippen MR) is 84.7 cm³/mol. The SMILES string of the molecule is CCNc1nc(Sc2ccccn2)c2cc(C)sc2n1. The fraction of sp³-hybridized carbons (Fsp3) is 0.214. The van der Waals surface area contributed by atoms with E-state index < -0.39 is 0 Å². The van der Waals surface area contributed by atoms with Crippen LogP contribution in [-0.2, 0) is 0 Å². The van der Waals surface area contributed by atoms with Gasteiger partial charge in [-0.25, -0.2) is 15.0 Å². The summed E-state index contributed by atoms with van der Waals surface area (Å²) in [7, 11) is 0. The van der Waals surface area contributed by atoms with E-state index in [-0.39, 0.29) is 0 Å². The zero-order chi connectivity index (χ0) is 13.9. The number of fused-ring (bicyclic) bond motifs is 1. The second-order valence-electron chi connectivity index (χ2n) is 4.23. The van der Waals surface area contributed by atoms with Crippen LogP contribution in [0.15, 0.2) is 40.5 Å². The molecular weight excluding hydrogens is 288 g/mol. The van der Waals surface area contributed by atoms with E-state index in [0.717, 1.165) is 26.8 Å². The van der Waals surface area contributed by atoms with E-state index in [1.807, 2.05) is 25.1 Å². The molecule has 6 heteroatoms. The number of rotatable bonds is 4. The van der Waals surface area contributed by atoms with Crippen LogP contribution in [0.1, 0.15) is 11.8 Å². The Bertz CT molecular complexity index is 725. The molecule has 0 saturated carbocycles. The van der Waals surface area contributed by atoms with Crippen molar-refractivity contribution in [2.45, 2.75) is 23.9 Å². The number of nitrogens with zero attached hydrogens (tertiary/aromatic N) is 3. The summed E-state index contributed by atoms with van der Waals surface area (Å²) in [5, 5.41) is 6.18. The fourth-order valence-corrected chi connectivity index (χ4v) is 3.64. The van der Waals surface area contributed by atoms with E-state index in [1.54, 1.807) is 29.3 Å². The molecule has 0 spiro atoms. The Morgan fingerprint density at radius 2 is 2.20 bits per heavy atom. The van der Waals surface area contributed by atoms with E-state index >= 15 is 0 Å². The van der Waals surface area contributed by atoms with Gasteiger partial charge in [-0.2, -0.15) is 0 Å². The maximum absolute atomic E-state index is 4.61. The second kappa shape index (κ2) is 5.76. The van der Waals surface area contributed by atoms with Crippen molar-refractivity contribution in [1.82, 2.24) is 15.0 Å². The van der Waals surface area contributed by atoms with Gasteiger partial charge >= 0.3 is 0 Å². The number of nitrogens with one attached hydrogen (secondary N) is 1. The second-order valence-corrected chi connectivity index (χ2v) is 6.47. The molecule has 3 heterocycles. The number of aromatic nitrogens is 3. The van der Waals surface area contributed by atoms with E-state index in [9.17, 15) is 0 Å². The Kier molecular flexibility index (Phi) is 3.84. The maximum Gasteiger partial charge on any atom is 0.225 e. The molecule has 3 aromatic rings. The highest BCUT2D eigenvalue weighted by atomic mass is 32.2. The number of hydrogen-bond acceptors (Lipinski definition) is 6. The molecule has 0 aliphatic carbocycles. The Balaban J connectivity index is 2.07. The summed E-state index contributed by atoms with van der Waals surface area (Å²) < 4.78 is 0. The number of pyridine rings is 1. The number of hydrogen-bond donors (Lipinski definition) is 1. The van der Waals surface area contributed by atoms with Gasteiger partial charge in [0.1, 0.15) is 14.9 Å². The first-order valence-corrected chi connectivity index (χ1v) is 8.00. The smallest absolute Gasteiger partial charge is 0.225 e. The molecule has 3 rings (SSSR count). The zero-order valence-electron chi connectivity index (χ0n) is 11.3. The highest BCUT2D eigenvalue weighted by molar-refractivity contribution is 7.99. The third kappa shape index (κ3) is 2.76. The normalized spacial score (nSPS) is 10.9. The van der Waals surface area contributed by atoms with Crippen LogP contribution in [0.5, 0.6) is 0 Å². The van der Waals surface area contributed by atoms with Crippen molar-refractivity contribution >= 4 is 39.3 Å². The molecule has 20 heavy (non-hydrogen) atoms. The Morgan fingerprint density at radius 3 is 2.95 bits per heavy atom. The van der Waals surface area contributed by atoms with Gasteiger partial charge in [-0.05, 0) is 43.8 Å². The third-order valence-corrected chi connectivity index (χ3v) is 4.55. The van der Waals surface area contributed by atoms with Crippen LogP contribution in [0.4, 0.5) is 5.95 Å². The number of anilines is 1. The van der Waals surface area contributed by atoms with Crippen molar-refractivity contribution in [3.63, 3.8) is 0 Å². The standard InChI is InChI=1S/C14H14N4S2/c1-3-15-14-17-12-10(8-9(2)19-12)13(18-14)20-11-6-4-5-7-16-11/h4-8H,3H2,1-2H3,(H,15,17,18). The fourth-order valence-electron chi connectivity index (χ4n) is 1.84. The number of thiophene rings is 1. The van der Waals surface area contributed by atoms with Crippen molar-refractivity contribution in [3.05, 3.63) is 35.3 Å². The minimum atomic E-state index is 0.681. The molecule has 0 unspecified atom stereocenters. The monoisotopic (exact) mass is 302 g/mol. The quantitative estimate of drug-likeness (QED) is 0.739. The van der Waals surface area contributed by atoms with Crippen molar-refractivity contribution in [2.24, 2.45) is 0 Å². The average Bonchev–Trinajstić information content (AvgIpc) is 2.81. The largest absolute Gasteiger partial charge is 0.354 e. The number of aryl methyl sites for hydroxylation is 1. The van der Waals surface area contributed by atoms with E-state index in [0.29, 0.717) is 5.95 Å². The highest BCUT2D eigenvalue weighted by Crippen LogP contribution is 2.34. The van der Waals surface area contributed by atoms with Crippen LogP contribution in [0, 0.1) is 6.92 Å². The summed E-state index contributed by atoms with van der Waals surface area (Å²) in [4.78, 5) is 15.8. The zero-order valence-corrected chi connectivity index (χ0v) is 12.9. The van der Waals surface area contributed by atoms with Gasteiger partial charge in [-0.1, -0.05) is 6.07 Å². The third-order valence-electron chi connectivity index (χ3n) is 2.65. The first-order valence-electron chi connectivity index (χ1n) is 6.37. The highest BCUT2D eigenvalue weighted by Gasteiger charge is 2.12. The lowest BCUT2D eigenvalue weighted by Crippen LogP contribution is -2.02. The van der Waals surface area contributed by atoms with E-state index in [1.165, 1.54) is 4.88 Å². The summed E-state index contributed by atoms with van der Waals surface area (Å²) in [5.41, 5.74) is 0. The van der Waals surface area contributed by atoms with Crippen molar-refractivity contribution < 1.29 is 0 Å². The van der Waals surface area contributed by atoms with Gasteiger partial charge < -0.3 is 5.32 Å². The van der Waals surface area contributed by atoms with Crippen LogP contribution in [0.25, 0.3) is 10.2 Å². The van der Waals surface area contributed by atoms with Crippen molar-refractivity contribution in [1.29, 1.82) is 0 Å². The lowest BCUT2D eigenvalue weighted by molar-refractivity contribution is 1.05. The Morgan fingerprint density at radius 1 is 1.30 bits per heavy atom. The van der Waals surface area contributed by atoms with Crippen LogP contribution in [0.3, 0.4) is 0 Å². The molecule has 0 saturated heterocycles. The van der Waals surface area contributed by atoms with Crippen LogP contribution >= 0.6 is 23.1 Å². The molecule has 0 radical (unpaired) electrons. The lowest BCUT2D eigenvalue weighted by Gasteiger charge is -2.05. The molecule has 4 nitrogen and oxygen atoms in total. The molecule has 0 aromatic carbocycles. The lowest BCUT2D eigenvalue weighted by atomic mass is 10.4. The molecule has 0 aliphatic rings. The van der Waals surface area contributed by atoms with Gasteiger partial charge in [-0.15, -0.1) is 11.3 Å². The van der Waals surface area contributed by atoms with Gasteiger partial charge in [0.05, 0.1) is 0 Å². The first-order chi connectivity index (χ1) is 9.76. The Labute approximate surface area is 125 Å². The molecular formula is C14H14N4S2. The maximum atomic E-state index is 4.61. The Hall–Kier alpha value is -1.66. The van der Waals surface area contributed by atoms with Crippen molar-refractivity contribution in [3.8, 4) is 0 Å². The van der Waals surface area contributed by atoms with E-state index in [4.69, 9.17) is 0 Å². The van der Waals surface area contributed by atoms with Crippen LogP contribution < -0.4 is 5.32 Å². The summed E-state index contributed by atoms with van der Waals surface area (Å²) in [6, 6.07) is 8.03. The predicted octanol–water partition coefficient (Wildman–Crippen LogP) is 3.98. The minimum absolute atomic E-state index is 0.681. The topological polar surface area (TPSA) is 50.7 Å². The van der Waals surface area contributed by atoms with Crippen LogP contribution in [-0.4, -0.2) is 21.5 Å². The van der Waals surface area contributed by atoms with Gasteiger partial charge in [0.25, 0.3) is 0 Å². The average molecular weight is 302 g/mol. The van der Waals surface area contributed by atoms with E-state index in [2.05, 4.69) is 33.3 Å². The van der Waals surface area contributed by atoms with Gasteiger partial charge in [0, 0.05) is 23.0 Å². The molecule has 0 bridgehead atoms. The molecule has 0 amide bonds. The van der Waals surface area contributed by atoms with Gasteiger partial charge in [0.15, 0.2) is 0 Å². The van der Waals surface area contributed by atoms with Gasteiger partial charge in [-0.3, -0.25) is 0 Å². The minimum Gasteiger partial charge on any atom is -0.354 e. The summed E-state index contributed by atoms with van der Waals surface area (Å²) in [6.07, 6.45) is 1.80. The van der Waals surface area contributed by atoms with Crippen molar-refractivity contribution in [2.75, 3.05) is 11.9 Å². The molecule has 102 valence electrons. The molecule has 0 aliphatic heterocycles. The molecule has 0 fully saturated rings. The summed E-state index contributed by atoms with van der Waals surface area (Å²) in [6.45, 7) is 4.94. The van der Waals surface area contributed by atoms with Gasteiger partial charge in [0.2, 0.25) is 5.95 Å². The first kappa shape index (κ1) is 13.3. The molecule has 3 aromatic heterocycles. The summed E-state index contributed by atoms with van der Waals surface area (Å²) >= 11 is 3.27. The molecule has 0 atom stereocenters. The van der Waals surface area contributed by atoms with Crippen LogP contribution in [0.2, 0.25) is 0 Å². The summed E-state index contributed by atoms with van der Waals surface area (Å²) in [5.74, 6) is 0.681. The molecule has 1 N–H and O–H groups in total.